The van der Waals surface area contributed by atoms with E-state index in [1.165, 1.54) is 12.1 Å². The summed E-state index contributed by atoms with van der Waals surface area (Å²) in [5.41, 5.74) is 0.451. The Morgan fingerprint density at radius 2 is 2.08 bits per heavy atom. The molecule has 0 bridgehead atoms. The predicted octanol–water partition coefficient (Wildman–Crippen LogP) is 5.69. The second-order valence-corrected chi connectivity index (χ2v) is 9.13. The van der Waals surface area contributed by atoms with Crippen molar-refractivity contribution in [1.29, 1.82) is 0 Å². The predicted molar refractivity (Wildman–Crippen MR) is 132 cm³/mol. The van der Waals surface area contributed by atoms with Gasteiger partial charge in [0.05, 0.1) is 23.9 Å². The second-order valence-electron chi connectivity index (χ2n) is 8.73. The van der Waals surface area contributed by atoms with E-state index in [9.17, 15) is 9.18 Å². The van der Waals surface area contributed by atoms with Crippen LogP contribution in [0.25, 0.3) is 22.7 Å². The van der Waals surface area contributed by atoms with Crippen LogP contribution < -0.4 is 9.62 Å². The molecule has 0 spiro atoms. The molecule has 192 valence electrons. The highest BCUT2D eigenvalue weighted by molar-refractivity contribution is 6.30. The van der Waals surface area contributed by atoms with Crippen molar-refractivity contribution in [3.63, 3.8) is 0 Å². The summed E-state index contributed by atoms with van der Waals surface area (Å²) < 4.78 is 26.9. The zero-order valence-electron chi connectivity index (χ0n) is 20.5. The Labute approximate surface area is 217 Å². The number of carbonyl (C=O) groups is 1. The van der Waals surface area contributed by atoms with Crippen molar-refractivity contribution < 1.29 is 28.1 Å². The largest absolute Gasteiger partial charge is 0.496 e. The summed E-state index contributed by atoms with van der Waals surface area (Å²) in [6.45, 7) is 4.28. The maximum absolute atomic E-state index is 13.7. The summed E-state index contributed by atoms with van der Waals surface area (Å²) >= 11 is 5.71. The third-order valence-corrected chi connectivity index (χ3v) is 6.92. The van der Waals surface area contributed by atoms with E-state index < -0.39 is 17.2 Å². The van der Waals surface area contributed by atoms with Gasteiger partial charge in [-0.05, 0) is 43.5 Å². The molecule has 0 fully saturated rings. The Morgan fingerprint density at radius 1 is 1.24 bits per heavy atom. The van der Waals surface area contributed by atoms with Crippen molar-refractivity contribution in [2.45, 2.75) is 45.1 Å². The molecule has 9 nitrogen and oxygen atoms in total. The summed E-state index contributed by atoms with van der Waals surface area (Å²) in [5.74, 6) is 1.54. The molecule has 0 radical (unpaired) electrons. The first-order valence-corrected chi connectivity index (χ1v) is 12.1. The van der Waals surface area contributed by atoms with Crippen molar-refractivity contribution in [2.75, 3.05) is 7.11 Å². The highest BCUT2D eigenvalue weighted by Gasteiger charge is 2.48. The van der Waals surface area contributed by atoms with E-state index in [1.54, 1.807) is 20.2 Å². The van der Waals surface area contributed by atoms with Gasteiger partial charge in [-0.2, -0.15) is 0 Å². The molecule has 3 heterocycles. The molecule has 5 rings (SSSR count). The van der Waals surface area contributed by atoms with Gasteiger partial charge in [0.1, 0.15) is 17.0 Å². The van der Waals surface area contributed by atoms with E-state index >= 15 is 0 Å². The summed E-state index contributed by atoms with van der Waals surface area (Å²) in [4.78, 5) is 27.8. The molecule has 0 aliphatic carbocycles. The minimum Gasteiger partial charge on any atom is -0.496 e. The van der Waals surface area contributed by atoms with Crippen molar-refractivity contribution >= 4 is 17.6 Å². The molecule has 0 N–H and O–H groups in total. The Balaban J connectivity index is 1.45. The summed E-state index contributed by atoms with van der Waals surface area (Å²) in [5, 5.41) is 8.77. The van der Waals surface area contributed by atoms with E-state index in [1.807, 2.05) is 29.7 Å². The molecule has 4 aromatic rings. The van der Waals surface area contributed by atoms with Gasteiger partial charge in [-0.25, -0.2) is 19.1 Å². The number of methoxy groups -OCH3 is 1. The molecular formula is C26H24ClFN4O5. The number of oxazole rings is 1. The lowest BCUT2D eigenvalue weighted by Gasteiger charge is -2.33. The van der Waals surface area contributed by atoms with Crippen LogP contribution in [-0.4, -0.2) is 32.8 Å². The Morgan fingerprint density at radius 3 is 2.78 bits per heavy atom. The van der Waals surface area contributed by atoms with Crippen molar-refractivity contribution in [3.8, 4) is 34.2 Å². The summed E-state index contributed by atoms with van der Waals surface area (Å²) in [7, 11) is 1.58. The molecular weight excluding hydrogens is 503 g/mol. The molecule has 2 aromatic heterocycles. The highest BCUT2D eigenvalue weighted by Crippen LogP contribution is 2.41. The number of rotatable bonds is 7. The third-order valence-electron chi connectivity index (χ3n) is 6.61. The number of aryl methyl sites for hydroxylation is 1. The van der Waals surface area contributed by atoms with Crippen LogP contribution in [0.3, 0.4) is 0 Å². The standard InChI is InChI=1S/C26H24ClFN4O5/c1-4-26(25(33)37-36-17-7-9-19(27)20(28)13-17)10-5-11-32-23(30-31-24(26)32)16-6-8-18(21(12-16)34-3)22-14-29-15(2)35-22/h6-9,12-14H,4-5,10-11H2,1-3H3. The van der Waals surface area contributed by atoms with Crippen molar-refractivity contribution in [2.24, 2.45) is 0 Å². The quantitative estimate of drug-likeness (QED) is 0.223. The second kappa shape index (κ2) is 9.85. The minimum absolute atomic E-state index is 0.0219. The molecule has 1 unspecified atom stereocenters. The Bertz CT molecular complexity index is 1470. The minimum atomic E-state index is -1.07. The van der Waals surface area contributed by atoms with Gasteiger partial charge in [0.15, 0.2) is 29.0 Å². The van der Waals surface area contributed by atoms with Crippen molar-refractivity contribution in [3.05, 3.63) is 65.2 Å². The number of carbonyl (C=O) groups excluding carboxylic acids is 1. The third kappa shape index (κ3) is 4.42. The van der Waals surface area contributed by atoms with E-state index in [-0.39, 0.29) is 10.8 Å². The van der Waals surface area contributed by atoms with Gasteiger partial charge in [-0.1, -0.05) is 24.6 Å². The molecule has 37 heavy (non-hydrogen) atoms. The maximum Gasteiger partial charge on any atom is 0.369 e. The SMILES string of the molecule is CCC1(C(=O)OOc2ccc(Cl)c(F)c2)CCCn2c(-c3ccc(-c4cnc(C)o4)c(OC)c3)nnc21. The van der Waals surface area contributed by atoms with Gasteiger partial charge in [0.2, 0.25) is 0 Å². The van der Waals surface area contributed by atoms with Gasteiger partial charge < -0.3 is 13.7 Å². The van der Waals surface area contributed by atoms with Crippen molar-refractivity contribution in [1.82, 2.24) is 19.7 Å². The fourth-order valence-electron chi connectivity index (χ4n) is 4.62. The lowest BCUT2D eigenvalue weighted by Crippen LogP contribution is -2.43. The first-order chi connectivity index (χ1) is 17.9. The van der Waals surface area contributed by atoms with Crippen LogP contribution in [0.5, 0.6) is 11.5 Å². The van der Waals surface area contributed by atoms with Gasteiger partial charge in [-0.3, -0.25) is 4.89 Å². The summed E-state index contributed by atoms with van der Waals surface area (Å²) in [6, 6.07) is 9.40. The zero-order chi connectivity index (χ0) is 26.2. The van der Waals surface area contributed by atoms with E-state index in [2.05, 4.69) is 15.2 Å². The molecule has 2 aromatic carbocycles. The number of hydrogen-bond donors (Lipinski definition) is 0. The van der Waals surface area contributed by atoms with Crippen LogP contribution in [0, 0.1) is 12.7 Å². The van der Waals surface area contributed by atoms with Crippen LogP contribution in [0.2, 0.25) is 5.02 Å². The number of halogens is 2. The van der Waals surface area contributed by atoms with E-state index in [4.69, 9.17) is 30.5 Å². The number of benzene rings is 2. The van der Waals surface area contributed by atoms with E-state index in [0.717, 1.165) is 17.2 Å². The normalized spacial score (nSPS) is 16.8. The van der Waals surface area contributed by atoms with Crippen LogP contribution >= 0.6 is 11.6 Å². The monoisotopic (exact) mass is 526 g/mol. The average Bonchev–Trinajstić information content (AvgIpc) is 3.55. The maximum atomic E-state index is 13.7. The van der Waals surface area contributed by atoms with Crippen LogP contribution in [0.15, 0.2) is 47.0 Å². The number of ether oxygens (including phenoxy) is 1. The smallest absolute Gasteiger partial charge is 0.369 e. The Kier molecular flexibility index (Phi) is 6.59. The van der Waals surface area contributed by atoms with Crippen LogP contribution in [0.4, 0.5) is 4.39 Å². The zero-order valence-corrected chi connectivity index (χ0v) is 21.2. The van der Waals surface area contributed by atoms with Gasteiger partial charge >= 0.3 is 5.97 Å². The van der Waals surface area contributed by atoms with Gasteiger partial charge in [-0.15, -0.1) is 10.2 Å². The summed E-state index contributed by atoms with van der Waals surface area (Å²) in [6.07, 6.45) is 3.26. The highest BCUT2D eigenvalue weighted by atomic mass is 35.5. The molecule has 1 atom stereocenters. The van der Waals surface area contributed by atoms with Crippen LogP contribution in [-0.2, 0) is 21.6 Å². The lowest BCUT2D eigenvalue weighted by molar-refractivity contribution is -0.222. The number of hydrogen-bond acceptors (Lipinski definition) is 8. The molecule has 1 aliphatic heterocycles. The first kappa shape index (κ1) is 24.8. The fourth-order valence-corrected chi connectivity index (χ4v) is 4.74. The van der Waals surface area contributed by atoms with Gasteiger partial charge in [0.25, 0.3) is 0 Å². The molecule has 1 aliphatic rings. The molecule has 0 saturated carbocycles. The lowest BCUT2D eigenvalue weighted by atomic mass is 9.77. The van der Waals surface area contributed by atoms with E-state index in [0.29, 0.717) is 54.9 Å². The topological polar surface area (TPSA) is 102 Å². The van der Waals surface area contributed by atoms with Gasteiger partial charge in [0, 0.05) is 25.1 Å². The number of nitrogens with zero attached hydrogens (tertiary/aromatic N) is 4. The molecule has 0 saturated heterocycles. The molecule has 11 heteroatoms. The van der Waals surface area contributed by atoms with Crippen LogP contribution in [0.1, 0.15) is 37.9 Å². The Hall–Kier alpha value is -3.92. The number of aromatic nitrogens is 4. The first-order valence-electron chi connectivity index (χ1n) is 11.7. The fraction of sp³-hybridized carbons (Fsp3) is 0.308. The average molecular weight is 527 g/mol. The molecule has 0 amide bonds. The number of fused-ring (bicyclic) bond motifs is 1.